The molecule has 2 aromatic rings. The number of nitrogens with zero attached hydrogens (tertiary/aromatic N) is 1. The highest BCUT2D eigenvalue weighted by atomic mass is 19.1. The Morgan fingerprint density at radius 2 is 1.81 bits per heavy atom. The van der Waals surface area contributed by atoms with Crippen molar-refractivity contribution in [1.82, 2.24) is 10.2 Å². The van der Waals surface area contributed by atoms with E-state index in [1.807, 2.05) is 0 Å². The summed E-state index contributed by atoms with van der Waals surface area (Å²) in [5.41, 5.74) is -0.112. The van der Waals surface area contributed by atoms with E-state index in [0.717, 1.165) is 44.1 Å². The maximum atomic E-state index is 13.3. The van der Waals surface area contributed by atoms with Gasteiger partial charge in [0.05, 0.1) is 5.56 Å². The molecular weight excluding hydrogens is 420 g/mol. The summed E-state index contributed by atoms with van der Waals surface area (Å²) in [6.45, 7) is 3.69. The highest BCUT2D eigenvalue weighted by Gasteiger charge is 2.21. The predicted octanol–water partition coefficient (Wildman–Crippen LogP) is 3.30. The molecule has 1 heterocycles. The minimum absolute atomic E-state index is 0.0204. The lowest BCUT2D eigenvalue weighted by atomic mass is 10.00. The van der Waals surface area contributed by atoms with E-state index in [1.54, 1.807) is 4.90 Å². The van der Waals surface area contributed by atoms with Gasteiger partial charge in [-0.2, -0.15) is 0 Å². The average Bonchev–Trinajstić information content (AvgIpc) is 2.73. The number of carbonyl (C=O) groups excluding carboxylic acids is 3. The van der Waals surface area contributed by atoms with Crippen molar-refractivity contribution in [1.29, 1.82) is 0 Å². The highest BCUT2D eigenvalue weighted by molar-refractivity contribution is 6.05. The first-order valence-electron chi connectivity index (χ1n) is 10.4. The molecule has 9 heteroatoms. The Hall–Kier alpha value is -3.49. The molecule has 1 aliphatic rings. The molecule has 1 atom stereocenters. The summed E-state index contributed by atoms with van der Waals surface area (Å²) in [6, 6.07) is 6.25. The highest BCUT2D eigenvalue weighted by Crippen LogP contribution is 2.23. The van der Waals surface area contributed by atoms with E-state index in [-0.39, 0.29) is 41.4 Å². The fourth-order valence-corrected chi connectivity index (χ4v) is 3.64. The van der Waals surface area contributed by atoms with Crippen molar-refractivity contribution in [2.75, 3.05) is 25.0 Å². The molecule has 32 heavy (non-hydrogen) atoms. The Labute approximate surface area is 184 Å². The molecule has 0 aliphatic carbocycles. The first kappa shape index (κ1) is 23.2. The molecule has 3 amide bonds. The van der Waals surface area contributed by atoms with Crippen molar-refractivity contribution >= 4 is 23.4 Å². The van der Waals surface area contributed by atoms with Crippen LogP contribution in [0.2, 0.25) is 0 Å². The molecule has 1 unspecified atom stereocenters. The standard InChI is InChI=1S/C23H25F2N3O4/c1-14-3-2-8-28(13-14)21(30)6-7-26-23(32)19-5-4-18(12-20(19)29)27-22(31)15-9-16(24)11-17(25)10-15/h4-5,9-12,14,29H,2-3,6-8,13H2,1H3,(H,26,32)(H,27,31). The van der Waals surface area contributed by atoms with Crippen LogP contribution in [0.25, 0.3) is 0 Å². The SMILES string of the molecule is CC1CCCN(C(=O)CCNC(=O)c2ccc(NC(=O)c3cc(F)cc(F)c3)cc2O)C1. The fourth-order valence-electron chi connectivity index (χ4n) is 3.64. The molecule has 3 rings (SSSR count). The number of likely N-dealkylation sites (tertiary alicyclic amines) is 1. The fraction of sp³-hybridized carbons (Fsp3) is 0.348. The van der Waals surface area contributed by atoms with Gasteiger partial charge in [-0.3, -0.25) is 14.4 Å². The third kappa shape index (κ3) is 6.03. The van der Waals surface area contributed by atoms with Crippen LogP contribution in [-0.4, -0.2) is 47.4 Å². The summed E-state index contributed by atoms with van der Waals surface area (Å²) in [4.78, 5) is 38.6. The van der Waals surface area contributed by atoms with Crippen LogP contribution in [-0.2, 0) is 4.79 Å². The normalized spacial score (nSPS) is 15.8. The van der Waals surface area contributed by atoms with Crippen LogP contribution in [0, 0.1) is 17.6 Å². The zero-order valence-corrected chi connectivity index (χ0v) is 17.7. The van der Waals surface area contributed by atoms with Crippen LogP contribution in [0.1, 0.15) is 46.9 Å². The number of hydrogen-bond donors (Lipinski definition) is 3. The molecule has 3 N–H and O–H groups in total. The lowest BCUT2D eigenvalue weighted by Gasteiger charge is -2.31. The number of aromatic hydroxyl groups is 1. The Morgan fingerprint density at radius 3 is 2.47 bits per heavy atom. The van der Waals surface area contributed by atoms with Gasteiger partial charge in [0.2, 0.25) is 5.91 Å². The summed E-state index contributed by atoms with van der Waals surface area (Å²) >= 11 is 0. The number of phenolic OH excluding ortho intramolecular Hbond substituents is 1. The third-order valence-electron chi connectivity index (χ3n) is 5.26. The maximum Gasteiger partial charge on any atom is 0.255 e. The van der Waals surface area contributed by atoms with Crippen molar-refractivity contribution in [3.05, 3.63) is 59.2 Å². The first-order valence-corrected chi connectivity index (χ1v) is 10.4. The third-order valence-corrected chi connectivity index (χ3v) is 5.26. The smallest absolute Gasteiger partial charge is 0.255 e. The quantitative estimate of drug-likeness (QED) is 0.635. The van der Waals surface area contributed by atoms with E-state index >= 15 is 0 Å². The topological polar surface area (TPSA) is 98.7 Å². The summed E-state index contributed by atoms with van der Waals surface area (Å²) in [6.07, 6.45) is 2.25. The van der Waals surface area contributed by atoms with Gasteiger partial charge >= 0.3 is 0 Å². The summed E-state index contributed by atoms with van der Waals surface area (Å²) in [7, 11) is 0. The second kappa shape index (κ2) is 10.2. The number of anilines is 1. The van der Waals surface area contributed by atoms with Crippen molar-refractivity contribution in [3.63, 3.8) is 0 Å². The monoisotopic (exact) mass is 445 g/mol. The number of rotatable bonds is 6. The van der Waals surface area contributed by atoms with Crippen molar-refractivity contribution in [3.8, 4) is 5.75 Å². The van der Waals surface area contributed by atoms with Gasteiger partial charge in [-0.25, -0.2) is 8.78 Å². The van der Waals surface area contributed by atoms with Crippen LogP contribution < -0.4 is 10.6 Å². The number of benzene rings is 2. The maximum absolute atomic E-state index is 13.3. The molecule has 170 valence electrons. The minimum Gasteiger partial charge on any atom is -0.507 e. The molecule has 7 nitrogen and oxygen atoms in total. The van der Waals surface area contributed by atoms with Crippen molar-refractivity contribution in [2.24, 2.45) is 5.92 Å². The first-order chi connectivity index (χ1) is 15.2. The zero-order valence-electron chi connectivity index (χ0n) is 17.7. The number of hydrogen-bond acceptors (Lipinski definition) is 4. The van der Waals surface area contributed by atoms with Gasteiger partial charge in [-0.15, -0.1) is 0 Å². The van der Waals surface area contributed by atoms with E-state index in [4.69, 9.17) is 0 Å². The Bertz CT molecular complexity index is 1010. The number of nitrogens with one attached hydrogen (secondary N) is 2. The number of amides is 3. The van der Waals surface area contributed by atoms with Gasteiger partial charge in [-0.05, 0) is 43.0 Å². The van der Waals surface area contributed by atoms with E-state index in [0.29, 0.717) is 12.0 Å². The largest absolute Gasteiger partial charge is 0.507 e. The minimum atomic E-state index is -0.890. The van der Waals surface area contributed by atoms with E-state index < -0.39 is 23.4 Å². The second-order valence-electron chi connectivity index (χ2n) is 7.94. The van der Waals surface area contributed by atoms with Gasteiger partial charge in [0.25, 0.3) is 11.8 Å². The van der Waals surface area contributed by atoms with Crippen molar-refractivity contribution in [2.45, 2.75) is 26.2 Å². The van der Waals surface area contributed by atoms with Crippen LogP contribution in [0.3, 0.4) is 0 Å². The van der Waals surface area contributed by atoms with Crippen LogP contribution >= 0.6 is 0 Å². The molecule has 1 saturated heterocycles. The predicted molar refractivity (Wildman–Crippen MR) is 114 cm³/mol. The van der Waals surface area contributed by atoms with E-state index in [9.17, 15) is 28.3 Å². The molecule has 2 aromatic carbocycles. The molecular formula is C23H25F2N3O4. The van der Waals surface area contributed by atoms with Gasteiger partial charge in [0.15, 0.2) is 0 Å². The van der Waals surface area contributed by atoms with Gasteiger partial charge in [0.1, 0.15) is 17.4 Å². The molecule has 0 aromatic heterocycles. The molecule has 0 saturated carbocycles. The number of piperidine rings is 1. The van der Waals surface area contributed by atoms with Gasteiger partial charge in [0, 0.05) is 49.4 Å². The summed E-state index contributed by atoms with van der Waals surface area (Å²) in [5, 5.41) is 15.2. The van der Waals surface area contributed by atoms with E-state index in [2.05, 4.69) is 17.6 Å². The van der Waals surface area contributed by atoms with E-state index in [1.165, 1.54) is 12.1 Å². The number of carbonyl (C=O) groups is 3. The summed E-state index contributed by atoms with van der Waals surface area (Å²) < 4.78 is 26.6. The van der Waals surface area contributed by atoms with Crippen LogP contribution in [0.4, 0.5) is 14.5 Å². The van der Waals surface area contributed by atoms with Gasteiger partial charge < -0.3 is 20.6 Å². The number of halogens is 2. The molecule has 0 bridgehead atoms. The van der Waals surface area contributed by atoms with Crippen LogP contribution in [0.5, 0.6) is 5.75 Å². The Balaban J connectivity index is 1.54. The molecule has 0 radical (unpaired) electrons. The lowest BCUT2D eigenvalue weighted by molar-refractivity contribution is -0.132. The lowest BCUT2D eigenvalue weighted by Crippen LogP contribution is -2.40. The zero-order chi connectivity index (χ0) is 23.3. The Morgan fingerprint density at radius 1 is 1.09 bits per heavy atom. The molecule has 1 fully saturated rings. The Kier molecular flexibility index (Phi) is 7.40. The van der Waals surface area contributed by atoms with Crippen LogP contribution in [0.15, 0.2) is 36.4 Å². The number of phenols is 1. The van der Waals surface area contributed by atoms with Gasteiger partial charge in [-0.1, -0.05) is 6.92 Å². The second-order valence-corrected chi connectivity index (χ2v) is 7.94. The molecule has 1 aliphatic heterocycles. The molecule has 0 spiro atoms. The summed E-state index contributed by atoms with van der Waals surface area (Å²) in [5.74, 6) is -3.05. The van der Waals surface area contributed by atoms with Crippen molar-refractivity contribution < 1.29 is 28.3 Å². The average molecular weight is 445 g/mol.